The van der Waals surface area contributed by atoms with E-state index in [1.807, 2.05) is 0 Å². The Balaban J connectivity index is 2.08. The topological polar surface area (TPSA) is 94.0 Å². The normalized spacial score (nSPS) is 10.3. The van der Waals surface area contributed by atoms with Crippen molar-refractivity contribution < 1.29 is 9.42 Å². The van der Waals surface area contributed by atoms with Gasteiger partial charge in [0.1, 0.15) is 5.69 Å². The zero-order valence-corrected chi connectivity index (χ0v) is 10.5. The zero-order chi connectivity index (χ0) is 13.1. The molecule has 3 N–H and O–H groups in total. The van der Waals surface area contributed by atoms with Crippen LogP contribution in [0.5, 0.6) is 0 Å². The van der Waals surface area contributed by atoms with Crippen LogP contribution in [0.4, 0.5) is 11.5 Å². The number of rotatable bonds is 3. The first kappa shape index (κ1) is 12.7. The molecule has 0 aliphatic carbocycles. The molecule has 0 fully saturated rings. The molecular formula is C10H8Cl2N4O2. The molecule has 94 valence electrons. The predicted octanol–water partition coefficient (Wildman–Crippen LogP) is 2.14. The lowest BCUT2D eigenvalue weighted by molar-refractivity contribution is -0.115. The SMILES string of the molecule is Nc1nonc1CC(=O)Nc1cc(Cl)ccc1Cl. The summed E-state index contributed by atoms with van der Waals surface area (Å²) < 4.78 is 4.39. The fourth-order valence-electron chi connectivity index (χ4n) is 1.28. The number of benzene rings is 1. The Kier molecular flexibility index (Phi) is 3.69. The van der Waals surface area contributed by atoms with Crippen molar-refractivity contribution >= 4 is 40.6 Å². The van der Waals surface area contributed by atoms with Gasteiger partial charge in [0.15, 0.2) is 5.82 Å². The summed E-state index contributed by atoms with van der Waals surface area (Å²) >= 11 is 11.7. The zero-order valence-electron chi connectivity index (χ0n) is 8.98. The van der Waals surface area contributed by atoms with Crippen LogP contribution in [0.1, 0.15) is 5.69 Å². The first-order valence-electron chi connectivity index (χ1n) is 4.88. The molecule has 0 atom stereocenters. The minimum absolute atomic E-state index is 0.0574. The van der Waals surface area contributed by atoms with Crippen molar-refractivity contribution in [2.45, 2.75) is 6.42 Å². The number of amides is 1. The Morgan fingerprint density at radius 2 is 2.17 bits per heavy atom. The molecule has 0 saturated carbocycles. The number of nitrogen functional groups attached to an aromatic ring is 1. The Labute approximate surface area is 112 Å². The van der Waals surface area contributed by atoms with Crippen molar-refractivity contribution in [1.82, 2.24) is 10.3 Å². The maximum atomic E-state index is 11.7. The number of hydrogen-bond donors (Lipinski definition) is 2. The molecule has 0 unspecified atom stereocenters. The number of nitrogens with two attached hydrogens (primary N) is 1. The van der Waals surface area contributed by atoms with Crippen LogP contribution in [-0.2, 0) is 11.2 Å². The van der Waals surface area contributed by atoms with E-state index in [0.717, 1.165) is 0 Å². The second kappa shape index (κ2) is 5.24. The van der Waals surface area contributed by atoms with Crippen molar-refractivity contribution in [3.05, 3.63) is 33.9 Å². The number of nitrogens with one attached hydrogen (secondary N) is 1. The second-order valence-corrected chi connectivity index (χ2v) is 4.29. The highest BCUT2D eigenvalue weighted by Gasteiger charge is 2.13. The summed E-state index contributed by atoms with van der Waals surface area (Å²) in [7, 11) is 0. The highest BCUT2D eigenvalue weighted by Crippen LogP contribution is 2.25. The van der Waals surface area contributed by atoms with E-state index in [2.05, 4.69) is 20.3 Å². The van der Waals surface area contributed by atoms with Gasteiger partial charge in [-0.1, -0.05) is 28.4 Å². The van der Waals surface area contributed by atoms with Crippen LogP contribution in [0.25, 0.3) is 0 Å². The van der Waals surface area contributed by atoms with Crippen molar-refractivity contribution in [2.24, 2.45) is 0 Å². The van der Waals surface area contributed by atoms with Gasteiger partial charge in [-0.2, -0.15) is 0 Å². The highest BCUT2D eigenvalue weighted by atomic mass is 35.5. The Hall–Kier alpha value is -1.79. The van der Waals surface area contributed by atoms with Gasteiger partial charge in [0.25, 0.3) is 0 Å². The summed E-state index contributed by atoms with van der Waals surface area (Å²) in [5.74, 6) is -0.260. The van der Waals surface area contributed by atoms with E-state index in [1.165, 1.54) is 0 Å². The lowest BCUT2D eigenvalue weighted by Crippen LogP contribution is -2.15. The molecular weight excluding hydrogens is 279 g/mol. The van der Waals surface area contributed by atoms with E-state index >= 15 is 0 Å². The third-order valence-electron chi connectivity index (χ3n) is 2.12. The van der Waals surface area contributed by atoms with E-state index in [-0.39, 0.29) is 23.8 Å². The molecule has 1 heterocycles. The maximum Gasteiger partial charge on any atom is 0.230 e. The molecule has 8 heteroatoms. The Morgan fingerprint density at radius 3 is 2.83 bits per heavy atom. The quantitative estimate of drug-likeness (QED) is 0.901. The fourth-order valence-corrected chi connectivity index (χ4v) is 1.61. The van der Waals surface area contributed by atoms with Crippen LogP contribution in [0.3, 0.4) is 0 Å². The molecule has 6 nitrogen and oxygen atoms in total. The highest BCUT2D eigenvalue weighted by molar-refractivity contribution is 6.35. The van der Waals surface area contributed by atoms with E-state index < -0.39 is 0 Å². The summed E-state index contributed by atoms with van der Waals surface area (Å²) in [6.07, 6.45) is -0.0574. The Morgan fingerprint density at radius 1 is 1.39 bits per heavy atom. The molecule has 0 radical (unpaired) electrons. The molecule has 2 rings (SSSR count). The van der Waals surface area contributed by atoms with Gasteiger partial charge in [0, 0.05) is 5.02 Å². The largest absolute Gasteiger partial charge is 0.379 e. The number of carbonyl (C=O) groups excluding carboxylic acids is 1. The predicted molar refractivity (Wildman–Crippen MR) is 67.5 cm³/mol. The third kappa shape index (κ3) is 2.91. The smallest absolute Gasteiger partial charge is 0.230 e. The van der Waals surface area contributed by atoms with Crippen molar-refractivity contribution in [3.63, 3.8) is 0 Å². The third-order valence-corrected chi connectivity index (χ3v) is 2.68. The molecule has 0 saturated heterocycles. The monoisotopic (exact) mass is 286 g/mol. The molecule has 1 amide bonds. The fraction of sp³-hybridized carbons (Fsp3) is 0.100. The van der Waals surface area contributed by atoms with Crippen LogP contribution in [0.2, 0.25) is 10.0 Å². The standard InChI is InChI=1S/C10H8Cl2N4O2/c11-5-1-2-6(12)7(3-5)14-9(17)4-8-10(13)16-18-15-8/h1-3H,4H2,(H2,13,16)(H,14,17). The lowest BCUT2D eigenvalue weighted by Gasteiger charge is -2.06. The van der Waals surface area contributed by atoms with Crippen molar-refractivity contribution in [1.29, 1.82) is 0 Å². The summed E-state index contributed by atoms with van der Waals surface area (Å²) in [5, 5.41) is 10.3. The van der Waals surface area contributed by atoms with E-state index in [9.17, 15) is 4.79 Å². The van der Waals surface area contributed by atoms with Crippen molar-refractivity contribution in [3.8, 4) is 0 Å². The van der Waals surface area contributed by atoms with Crippen molar-refractivity contribution in [2.75, 3.05) is 11.1 Å². The summed E-state index contributed by atoms with van der Waals surface area (Å²) in [4.78, 5) is 11.7. The molecule has 18 heavy (non-hydrogen) atoms. The average Bonchev–Trinajstić information content (AvgIpc) is 2.70. The van der Waals surface area contributed by atoms with Gasteiger partial charge in [-0.05, 0) is 23.4 Å². The summed E-state index contributed by atoms with van der Waals surface area (Å²) in [6.45, 7) is 0. The first-order chi connectivity index (χ1) is 8.56. The maximum absolute atomic E-state index is 11.7. The van der Waals surface area contributed by atoms with Crippen LogP contribution < -0.4 is 11.1 Å². The van der Waals surface area contributed by atoms with Gasteiger partial charge in [-0.3, -0.25) is 4.79 Å². The van der Waals surface area contributed by atoms with Gasteiger partial charge in [0.05, 0.1) is 17.1 Å². The van der Waals surface area contributed by atoms with Crippen LogP contribution >= 0.6 is 23.2 Å². The molecule has 1 aromatic carbocycles. The number of aromatic nitrogens is 2. The van der Waals surface area contributed by atoms with Crippen LogP contribution in [0.15, 0.2) is 22.8 Å². The molecule has 0 bridgehead atoms. The summed E-state index contributed by atoms with van der Waals surface area (Å²) in [5.41, 5.74) is 6.13. The van der Waals surface area contributed by atoms with E-state index in [4.69, 9.17) is 28.9 Å². The van der Waals surface area contributed by atoms with Gasteiger partial charge in [0.2, 0.25) is 5.91 Å². The molecule has 0 spiro atoms. The average molecular weight is 287 g/mol. The van der Waals surface area contributed by atoms with Gasteiger partial charge >= 0.3 is 0 Å². The number of anilines is 2. The van der Waals surface area contributed by atoms with E-state index in [0.29, 0.717) is 15.7 Å². The van der Waals surface area contributed by atoms with Gasteiger partial charge < -0.3 is 11.1 Å². The van der Waals surface area contributed by atoms with Gasteiger partial charge in [-0.15, -0.1) is 0 Å². The Bertz CT molecular complexity index is 585. The van der Waals surface area contributed by atoms with Gasteiger partial charge in [-0.25, -0.2) is 4.63 Å². The number of hydrogen-bond acceptors (Lipinski definition) is 5. The molecule has 1 aromatic heterocycles. The van der Waals surface area contributed by atoms with Crippen LogP contribution in [0, 0.1) is 0 Å². The minimum Gasteiger partial charge on any atom is -0.379 e. The van der Waals surface area contributed by atoms with E-state index in [1.54, 1.807) is 18.2 Å². The first-order valence-corrected chi connectivity index (χ1v) is 5.63. The molecule has 0 aliphatic heterocycles. The lowest BCUT2D eigenvalue weighted by atomic mass is 10.2. The number of nitrogens with zero attached hydrogens (tertiary/aromatic N) is 2. The summed E-state index contributed by atoms with van der Waals surface area (Å²) in [6, 6.07) is 4.76. The minimum atomic E-state index is -0.346. The molecule has 0 aliphatic rings. The number of carbonyl (C=O) groups is 1. The number of halogens is 2. The second-order valence-electron chi connectivity index (χ2n) is 3.45. The molecule has 2 aromatic rings. The van der Waals surface area contributed by atoms with Crippen LogP contribution in [-0.4, -0.2) is 16.2 Å².